The van der Waals surface area contributed by atoms with E-state index in [0.29, 0.717) is 0 Å². The van der Waals surface area contributed by atoms with E-state index in [1.807, 2.05) is 12.1 Å². The van der Waals surface area contributed by atoms with Gasteiger partial charge in [0.1, 0.15) is 5.75 Å². The predicted octanol–water partition coefficient (Wildman–Crippen LogP) is 2.74. The van der Waals surface area contributed by atoms with Gasteiger partial charge in [-0.25, -0.2) is 0 Å². The molecule has 1 aromatic rings. The van der Waals surface area contributed by atoms with Gasteiger partial charge in [0.05, 0.1) is 13.2 Å². The molecule has 2 unspecified atom stereocenters. The molecule has 0 spiro atoms. The number of methoxy groups -OCH3 is 3. The number of nitrogens with one attached hydrogen (secondary N) is 1. The summed E-state index contributed by atoms with van der Waals surface area (Å²) < 4.78 is 15.7. The van der Waals surface area contributed by atoms with Crippen molar-refractivity contribution < 1.29 is 14.2 Å². The summed E-state index contributed by atoms with van der Waals surface area (Å²) in [6.45, 7) is 4.22. The molecule has 2 atom stereocenters. The first kappa shape index (κ1) is 16.0. The maximum Gasteiger partial charge on any atom is 0.171 e. The molecule has 0 aromatic heterocycles. The normalized spacial score (nSPS) is 14.4. The van der Waals surface area contributed by atoms with Crippen LogP contribution in [0.3, 0.4) is 0 Å². The Morgan fingerprint density at radius 3 is 2.05 bits per heavy atom. The fourth-order valence-electron chi connectivity index (χ4n) is 2.19. The predicted molar refractivity (Wildman–Crippen MR) is 76.4 cm³/mol. The van der Waals surface area contributed by atoms with Gasteiger partial charge < -0.3 is 19.5 Å². The van der Waals surface area contributed by atoms with E-state index in [1.54, 1.807) is 21.3 Å². The third-order valence-electron chi connectivity index (χ3n) is 3.26. The van der Waals surface area contributed by atoms with Crippen molar-refractivity contribution in [3.8, 4) is 5.75 Å². The van der Waals surface area contributed by atoms with Crippen molar-refractivity contribution in [1.29, 1.82) is 0 Å². The van der Waals surface area contributed by atoms with Gasteiger partial charge in [-0.15, -0.1) is 0 Å². The molecule has 4 nitrogen and oxygen atoms in total. The van der Waals surface area contributed by atoms with Gasteiger partial charge in [0.15, 0.2) is 6.29 Å². The molecule has 1 aromatic carbocycles. The Balaban J connectivity index is 2.71. The third kappa shape index (κ3) is 4.49. The minimum atomic E-state index is -0.243. The number of hydrogen-bond donors (Lipinski definition) is 1. The summed E-state index contributed by atoms with van der Waals surface area (Å²) in [6, 6.07) is 8.52. The van der Waals surface area contributed by atoms with Gasteiger partial charge in [0.2, 0.25) is 0 Å². The second kappa shape index (κ2) is 8.15. The molecular weight excluding hydrogens is 242 g/mol. The average Bonchev–Trinajstić information content (AvgIpc) is 2.46. The fraction of sp³-hybridized carbons (Fsp3) is 0.600. The highest BCUT2D eigenvalue weighted by molar-refractivity contribution is 5.29. The molecule has 0 amide bonds. The average molecular weight is 267 g/mol. The summed E-state index contributed by atoms with van der Waals surface area (Å²) in [5.41, 5.74) is 1.24. The number of benzene rings is 1. The molecule has 4 heteroatoms. The van der Waals surface area contributed by atoms with Crippen molar-refractivity contribution in [1.82, 2.24) is 5.32 Å². The molecule has 0 radical (unpaired) electrons. The highest BCUT2D eigenvalue weighted by Gasteiger charge is 2.19. The molecule has 19 heavy (non-hydrogen) atoms. The fourth-order valence-corrected chi connectivity index (χ4v) is 2.19. The molecule has 1 rings (SSSR count). The maximum atomic E-state index is 5.27. The lowest BCUT2D eigenvalue weighted by Gasteiger charge is -2.27. The van der Waals surface area contributed by atoms with E-state index in [4.69, 9.17) is 14.2 Å². The summed E-state index contributed by atoms with van der Waals surface area (Å²) in [4.78, 5) is 0. The van der Waals surface area contributed by atoms with Crippen LogP contribution in [0.4, 0.5) is 0 Å². The first-order chi connectivity index (χ1) is 9.15. The molecule has 0 aliphatic heterocycles. The quantitative estimate of drug-likeness (QED) is 0.735. The zero-order chi connectivity index (χ0) is 14.3. The van der Waals surface area contributed by atoms with Crippen LogP contribution in [0, 0.1) is 0 Å². The maximum absolute atomic E-state index is 5.27. The lowest BCUT2D eigenvalue weighted by Crippen LogP contribution is -2.41. The van der Waals surface area contributed by atoms with Crippen LogP contribution < -0.4 is 10.1 Å². The lowest BCUT2D eigenvalue weighted by atomic mass is 10.0. The summed E-state index contributed by atoms with van der Waals surface area (Å²) >= 11 is 0. The zero-order valence-corrected chi connectivity index (χ0v) is 12.5. The van der Waals surface area contributed by atoms with Crippen LogP contribution in [-0.2, 0) is 9.47 Å². The molecule has 0 bridgehead atoms. The molecule has 0 aliphatic carbocycles. The summed E-state index contributed by atoms with van der Waals surface area (Å²) in [6.07, 6.45) is 0.754. The van der Waals surface area contributed by atoms with Gasteiger partial charge >= 0.3 is 0 Å². The largest absolute Gasteiger partial charge is 0.497 e. The molecule has 0 saturated carbocycles. The van der Waals surface area contributed by atoms with Crippen LogP contribution >= 0.6 is 0 Å². The van der Waals surface area contributed by atoms with E-state index in [-0.39, 0.29) is 18.4 Å². The van der Waals surface area contributed by atoms with Gasteiger partial charge in [0.25, 0.3) is 0 Å². The molecule has 0 aliphatic rings. The van der Waals surface area contributed by atoms with E-state index >= 15 is 0 Å². The van der Waals surface area contributed by atoms with Crippen molar-refractivity contribution in [3.63, 3.8) is 0 Å². The van der Waals surface area contributed by atoms with Gasteiger partial charge in [-0.1, -0.05) is 19.1 Å². The molecule has 0 fully saturated rings. The van der Waals surface area contributed by atoms with E-state index in [2.05, 4.69) is 31.3 Å². The highest BCUT2D eigenvalue weighted by Crippen LogP contribution is 2.21. The summed E-state index contributed by atoms with van der Waals surface area (Å²) in [5, 5.41) is 3.53. The van der Waals surface area contributed by atoms with Crippen molar-refractivity contribution >= 4 is 0 Å². The first-order valence-electron chi connectivity index (χ1n) is 6.61. The molecular formula is C15H25NO3. The second-order valence-electron chi connectivity index (χ2n) is 4.53. The van der Waals surface area contributed by atoms with Crippen molar-refractivity contribution in [2.45, 2.75) is 38.6 Å². The number of ether oxygens (including phenoxy) is 3. The van der Waals surface area contributed by atoms with Gasteiger partial charge in [-0.05, 0) is 31.0 Å². The van der Waals surface area contributed by atoms with Crippen LogP contribution in [0.15, 0.2) is 24.3 Å². The third-order valence-corrected chi connectivity index (χ3v) is 3.26. The van der Waals surface area contributed by atoms with E-state index in [9.17, 15) is 0 Å². The Morgan fingerprint density at radius 1 is 1.05 bits per heavy atom. The summed E-state index contributed by atoms with van der Waals surface area (Å²) in [5.74, 6) is 0.873. The SMILES string of the molecule is CCC(NC(C)C(OC)OC)c1ccc(OC)cc1. The number of rotatable bonds is 8. The van der Waals surface area contributed by atoms with Crippen LogP contribution in [0.25, 0.3) is 0 Å². The van der Waals surface area contributed by atoms with Gasteiger partial charge in [-0.3, -0.25) is 0 Å². The van der Waals surface area contributed by atoms with Crippen LogP contribution in [-0.4, -0.2) is 33.7 Å². The van der Waals surface area contributed by atoms with Crippen LogP contribution in [0.2, 0.25) is 0 Å². The Bertz CT molecular complexity index is 349. The van der Waals surface area contributed by atoms with Crippen molar-refractivity contribution in [2.24, 2.45) is 0 Å². The molecule has 0 heterocycles. The standard InChI is InChI=1S/C15H25NO3/c1-6-14(16-11(2)15(18-4)19-5)12-7-9-13(17-3)10-8-12/h7-11,14-16H,6H2,1-5H3. The van der Waals surface area contributed by atoms with E-state index < -0.39 is 0 Å². The first-order valence-corrected chi connectivity index (χ1v) is 6.61. The zero-order valence-electron chi connectivity index (χ0n) is 12.5. The molecule has 0 saturated heterocycles. The monoisotopic (exact) mass is 267 g/mol. The minimum Gasteiger partial charge on any atom is -0.497 e. The Labute approximate surface area is 116 Å². The minimum absolute atomic E-state index is 0.113. The van der Waals surface area contributed by atoms with Crippen molar-refractivity contribution in [2.75, 3.05) is 21.3 Å². The molecule has 1 N–H and O–H groups in total. The van der Waals surface area contributed by atoms with Gasteiger partial charge in [0, 0.05) is 20.3 Å². The van der Waals surface area contributed by atoms with E-state index in [1.165, 1.54) is 5.56 Å². The Kier molecular flexibility index (Phi) is 6.84. The second-order valence-corrected chi connectivity index (χ2v) is 4.53. The molecule has 108 valence electrons. The number of hydrogen-bond acceptors (Lipinski definition) is 4. The highest BCUT2D eigenvalue weighted by atomic mass is 16.7. The van der Waals surface area contributed by atoms with Crippen LogP contribution in [0.5, 0.6) is 5.75 Å². The Hall–Kier alpha value is -1.10. The van der Waals surface area contributed by atoms with Gasteiger partial charge in [-0.2, -0.15) is 0 Å². The van der Waals surface area contributed by atoms with E-state index in [0.717, 1.165) is 12.2 Å². The smallest absolute Gasteiger partial charge is 0.171 e. The lowest BCUT2D eigenvalue weighted by molar-refractivity contribution is -0.121. The van der Waals surface area contributed by atoms with Crippen LogP contribution in [0.1, 0.15) is 31.9 Å². The topological polar surface area (TPSA) is 39.7 Å². The van der Waals surface area contributed by atoms with Crippen molar-refractivity contribution in [3.05, 3.63) is 29.8 Å². The Morgan fingerprint density at radius 2 is 1.63 bits per heavy atom. The summed E-state index contributed by atoms with van der Waals surface area (Å²) in [7, 11) is 4.98.